The van der Waals surface area contributed by atoms with E-state index in [1.807, 2.05) is 0 Å². The molecule has 2 saturated heterocycles. The number of halogens is 3. The van der Waals surface area contributed by atoms with Crippen LogP contribution in [0.4, 0.5) is 20.6 Å². The molecule has 0 amide bonds. The van der Waals surface area contributed by atoms with Gasteiger partial charge in [0, 0.05) is 29.6 Å². The van der Waals surface area contributed by atoms with Gasteiger partial charge < -0.3 is 30.4 Å². The van der Waals surface area contributed by atoms with Gasteiger partial charge in [-0.25, -0.2) is 8.78 Å². The molecule has 0 spiro atoms. The smallest absolute Gasteiger partial charge is 0.318 e. The predicted octanol–water partition coefficient (Wildman–Crippen LogP) is 4.06. The van der Waals surface area contributed by atoms with E-state index in [1.54, 1.807) is 6.07 Å². The number of rotatable bonds is 4. The first-order chi connectivity index (χ1) is 17.4. The molecule has 0 unspecified atom stereocenters. The SMILES string of the molecule is CN1CCCC1.COc1nc(NC2CNC2)c2cc(Cl)c(-c3ccc(F)c4oc(N)nc34)c(F)c2n1. The van der Waals surface area contributed by atoms with Gasteiger partial charge in [0.05, 0.1) is 18.2 Å². The lowest BCUT2D eigenvalue weighted by atomic mass is 10.0. The van der Waals surface area contributed by atoms with Crippen molar-refractivity contribution < 1.29 is 17.9 Å². The first-order valence-corrected chi connectivity index (χ1v) is 12.0. The Hall–Kier alpha value is -3.28. The molecule has 0 aliphatic carbocycles. The molecule has 2 aromatic heterocycles. The topological polar surface area (TPSA) is 114 Å². The summed E-state index contributed by atoms with van der Waals surface area (Å²) in [4.78, 5) is 14.8. The number of hydrogen-bond acceptors (Lipinski definition) is 9. The minimum Gasteiger partial charge on any atom is -0.467 e. The molecule has 0 bridgehead atoms. The molecule has 9 nitrogen and oxygen atoms in total. The third-order valence-electron chi connectivity index (χ3n) is 6.28. The van der Waals surface area contributed by atoms with Crippen molar-refractivity contribution in [2.24, 2.45) is 0 Å². The zero-order valence-corrected chi connectivity index (χ0v) is 20.6. The van der Waals surface area contributed by atoms with Crippen molar-refractivity contribution in [3.05, 3.63) is 34.9 Å². The molecule has 0 atom stereocenters. The fourth-order valence-electron chi connectivity index (χ4n) is 4.28. The van der Waals surface area contributed by atoms with Gasteiger partial charge in [-0.15, -0.1) is 0 Å². The second kappa shape index (κ2) is 10.00. The third kappa shape index (κ3) is 4.61. The standard InChI is InChI=1S/C19H15ClF2N6O2.C5H11N/c1-29-19-27-14-9(17(28-19)25-7-5-24-6-7)4-10(20)12(13(14)22)8-2-3-11(21)16-15(8)26-18(23)30-16;1-6-4-2-3-5-6/h2-4,7,24H,5-6H2,1H3,(H2,23,26)(H,25,27,28);2-5H2,1H3. The van der Waals surface area contributed by atoms with Crippen LogP contribution in [-0.2, 0) is 0 Å². The van der Waals surface area contributed by atoms with Crippen LogP contribution in [0.15, 0.2) is 22.6 Å². The van der Waals surface area contributed by atoms with Crippen LogP contribution >= 0.6 is 11.6 Å². The number of aromatic nitrogens is 3. The molecular weight excluding hydrogens is 492 g/mol. The highest BCUT2D eigenvalue weighted by atomic mass is 35.5. The Balaban J connectivity index is 0.000000391. The molecule has 0 radical (unpaired) electrons. The second-order valence-corrected chi connectivity index (χ2v) is 9.24. The lowest BCUT2D eigenvalue weighted by Gasteiger charge is -2.29. The number of nitrogens with zero attached hydrogens (tertiary/aromatic N) is 4. The molecule has 2 aromatic carbocycles. The van der Waals surface area contributed by atoms with Crippen molar-refractivity contribution in [1.29, 1.82) is 0 Å². The number of benzene rings is 2. The number of nitrogens with one attached hydrogen (secondary N) is 2. The summed E-state index contributed by atoms with van der Waals surface area (Å²) in [5.41, 5.74) is 5.69. The Bertz CT molecular complexity index is 1420. The van der Waals surface area contributed by atoms with Gasteiger partial charge in [-0.2, -0.15) is 15.0 Å². The van der Waals surface area contributed by atoms with E-state index in [0.717, 1.165) is 19.2 Å². The van der Waals surface area contributed by atoms with Crippen LogP contribution in [0.3, 0.4) is 0 Å². The Labute approximate surface area is 211 Å². The number of hydrogen-bond donors (Lipinski definition) is 3. The summed E-state index contributed by atoms with van der Waals surface area (Å²) in [5, 5.41) is 6.86. The normalized spacial score (nSPS) is 16.1. The van der Waals surface area contributed by atoms with Crippen molar-refractivity contribution in [2.75, 3.05) is 51.4 Å². The molecule has 4 aromatic rings. The van der Waals surface area contributed by atoms with E-state index in [9.17, 15) is 4.39 Å². The molecule has 2 fully saturated rings. The Morgan fingerprint density at radius 3 is 2.53 bits per heavy atom. The molecule has 36 heavy (non-hydrogen) atoms. The lowest BCUT2D eigenvalue weighted by Crippen LogP contribution is -2.51. The zero-order chi connectivity index (χ0) is 25.4. The van der Waals surface area contributed by atoms with E-state index in [2.05, 4.69) is 37.5 Å². The Morgan fingerprint density at radius 2 is 1.92 bits per heavy atom. The number of fused-ring (bicyclic) bond motifs is 2. The van der Waals surface area contributed by atoms with Crippen LogP contribution in [0, 0.1) is 11.6 Å². The summed E-state index contributed by atoms with van der Waals surface area (Å²) in [6.07, 6.45) is 2.83. The van der Waals surface area contributed by atoms with E-state index in [-0.39, 0.29) is 50.8 Å². The number of oxazole rings is 1. The van der Waals surface area contributed by atoms with Crippen molar-refractivity contribution in [3.8, 4) is 17.1 Å². The highest BCUT2D eigenvalue weighted by Crippen LogP contribution is 2.41. The van der Waals surface area contributed by atoms with Crippen LogP contribution in [-0.4, -0.2) is 66.2 Å². The molecule has 2 aliphatic rings. The van der Waals surface area contributed by atoms with Crippen molar-refractivity contribution in [2.45, 2.75) is 18.9 Å². The van der Waals surface area contributed by atoms with Gasteiger partial charge in [0.25, 0.3) is 6.01 Å². The number of anilines is 2. The largest absolute Gasteiger partial charge is 0.467 e. The highest BCUT2D eigenvalue weighted by Gasteiger charge is 2.25. The molecular formula is C24H26ClF2N7O2. The number of nitrogen functional groups attached to an aromatic ring is 1. The van der Waals surface area contributed by atoms with Gasteiger partial charge in [-0.05, 0) is 51.2 Å². The average Bonchev–Trinajstić information content (AvgIpc) is 3.47. The first kappa shape index (κ1) is 24.4. The van der Waals surface area contributed by atoms with Gasteiger partial charge in [-0.1, -0.05) is 11.6 Å². The van der Waals surface area contributed by atoms with Crippen LogP contribution in [0.25, 0.3) is 33.1 Å². The van der Waals surface area contributed by atoms with Gasteiger partial charge in [-0.3, -0.25) is 0 Å². The number of nitrogens with two attached hydrogens (primary N) is 1. The molecule has 190 valence electrons. The summed E-state index contributed by atoms with van der Waals surface area (Å²) in [6.45, 7) is 4.15. The lowest BCUT2D eigenvalue weighted by molar-refractivity contribution is 0.381. The predicted molar refractivity (Wildman–Crippen MR) is 135 cm³/mol. The van der Waals surface area contributed by atoms with Gasteiger partial charge in [0.1, 0.15) is 16.9 Å². The number of likely N-dealkylation sites (tertiary alicyclic amines) is 1. The maximum absolute atomic E-state index is 15.7. The fourth-order valence-corrected chi connectivity index (χ4v) is 4.57. The minimum atomic E-state index is -0.720. The summed E-state index contributed by atoms with van der Waals surface area (Å²) in [7, 11) is 3.57. The summed E-state index contributed by atoms with van der Waals surface area (Å²) in [6, 6.07) is 3.97. The van der Waals surface area contributed by atoms with Crippen molar-refractivity contribution >= 4 is 45.4 Å². The monoisotopic (exact) mass is 517 g/mol. The summed E-state index contributed by atoms with van der Waals surface area (Å²) < 4.78 is 40.1. The van der Waals surface area contributed by atoms with Crippen molar-refractivity contribution in [3.63, 3.8) is 0 Å². The summed E-state index contributed by atoms with van der Waals surface area (Å²) in [5.74, 6) is -0.979. The van der Waals surface area contributed by atoms with Crippen LogP contribution in [0.2, 0.25) is 5.02 Å². The van der Waals surface area contributed by atoms with E-state index in [0.29, 0.717) is 11.2 Å². The van der Waals surface area contributed by atoms with Gasteiger partial charge in [0.2, 0.25) is 0 Å². The molecule has 0 saturated carbocycles. The van der Waals surface area contributed by atoms with Gasteiger partial charge in [0.15, 0.2) is 17.2 Å². The van der Waals surface area contributed by atoms with E-state index in [4.69, 9.17) is 26.5 Å². The molecule has 4 heterocycles. The molecule has 6 rings (SSSR count). The number of ether oxygens (including phenoxy) is 1. The van der Waals surface area contributed by atoms with Crippen LogP contribution in [0.5, 0.6) is 6.01 Å². The zero-order valence-electron chi connectivity index (χ0n) is 19.9. The fraction of sp³-hybridized carbons (Fsp3) is 0.375. The molecule has 12 heteroatoms. The minimum absolute atomic E-state index is 0.000481. The Kier molecular flexibility index (Phi) is 6.78. The van der Waals surface area contributed by atoms with Crippen LogP contribution < -0.4 is 21.1 Å². The quantitative estimate of drug-likeness (QED) is 0.368. The van der Waals surface area contributed by atoms with Crippen molar-refractivity contribution in [1.82, 2.24) is 25.2 Å². The molecule has 2 aliphatic heterocycles. The van der Waals surface area contributed by atoms with Gasteiger partial charge >= 0.3 is 6.01 Å². The summed E-state index contributed by atoms with van der Waals surface area (Å²) >= 11 is 6.47. The maximum Gasteiger partial charge on any atom is 0.318 e. The first-order valence-electron chi connectivity index (χ1n) is 11.6. The third-order valence-corrected chi connectivity index (χ3v) is 6.58. The maximum atomic E-state index is 15.7. The average molecular weight is 518 g/mol. The van der Waals surface area contributed by atoms with Crippen LogP contribution in [0.1, 0.15) is 12.8 Å². The van der Waals surface area contributed by atoms with E-state index >= 15 is 4.39 Å². The Morgan fingerprint density at radius 1 is 1.17 bits per heavy atom. The molecule has 4 N–H and O–H groups in total. The number of methoxy groups -OCH3 is 1. The second-order valence-electron chi connectivity index (χ2n) is 8.84. The van der Waals surface area contributed by atoms with E-state index < -0.39 is 11.6 Å². The van der Waals surface area contributed by atoms with E-state index in [1.165, 1.54) is 39.1 Å². The highest BCUT2D eigenvalue weighted by molar-refractivity contribution is 6.34.